The van der Waals surface area contributed by atoms with Gasteiger partial charge in [-0.2, -0.15) is 11.8 Å². The number of aryl methyl sites for hydroxylation is 1. The van der Waals surface area contributed by atoms with E-state index in [1.165, 1.54) is 27.8 Å². The molecule has 2 aromatic rings. The number of ketones is 1. The van der Waals surface area contributed by atoms with Crippen molar-refractivity contribution < 1.29 is 13.6 Å². The number of rotatable bonds is 3. The van der Waals surface area contributed by atoms with Gasteiger partial charge in [-0.15, -0.1) is 11.3 Å². The van der Waals surface area contributed by atoms with Crippen molar-refractivity contribution in [2.24, 2.45) is 0 Å². The Balaban J connectivity index is 1.78. The fourth-order valence-corrected chi connectivity index (χ4v) is 4.52. The Morgan fingerprint density at radius 2 is 2.05 bits per heavy atom. The molecular formula is C15H12F2OS2. The van der Waals surface area contributed by atoms with E-state index in [2.05, 4.69) is 0 Å². The van der Waals surface area contributed by atoms with E-state index in [0.717, 1.165) is 34.9 Å². The molecule has 5 heteroatoms. The maximum Gasteiger partial charge on any atom is 0.177 e. The number of thiophene rings is 1. The van der Waals surface area contributed by atoms with Gasteiger partial charge in [-0.1, -0.05) is 6.07 Å². The predicted molar refractivity (Wildman–Crippen MR) is 78.6 cm³/mol. The zero-order valence-electron chi connectivity index (χ0n) is 10.6. The van der Waals surface area contributed by atoms with E-state index in [-0.39, 0.29) is 12.2 Å². The van der Waals surface area contributed by atoms with Crippen LogP contribution in [0.25, 0.3) is 0 Å². The third-order valence-electron chi connectivity index (χ3n) is 3.25. The summed E-state index contributed by atoms with van der Waals surface area (Å²) in [5, 5.41) is 0. The first-order valence-electron chi connectivity index (χ1n) is 6.30. The topological polar surface area (TPSA) is 17.1 Å². The molecule has 0 saturated carbocycles. The lowest BCUT2D eigenvalue weighted by atomic mass is 10.1. The first kappa shape index (κ1) is 13.8. The Kier molecular flexibility index (Phi) is 3.89. The second-order valence-corrected chi connectivity index (χ2v) is 6.95. The van der Waals surface area contributed by atoms with Crippen molar-refractivity contribution in [3.05, 3.63) is 56.8 Å². The third-order valence-corrected chi connectivity index (χ3v) is 5.54. The highest BCUT2D eigenvalue weighted by Crippen LogP contribution is 2.32. The van der Waals surface area contributed by atoms with E-state index in [1.807, 2.05) is 17.8 Å². The molecule has 0 unspecified atom stereocenters. The summed E-state index contributed by atoms with van der Waals surface area (Å²) in [6.07, 6.45) is 1.13. The summed E-state index contributed by atoms with van der Waals surface area (Å²) in [5.74, 6) is 0.247. The molecule has 0 spiro atoms. The van der Waals surface area contributed by atoms with Crippen molar-refractivity contribution in [2.45, 2.75) is 18.6 Å². The minimum absolute atomic E-state index is 0.0274. The number of hydrogen-bond acceptors (Lipinski definition) is 3. The molecule has 20 heavy (non-hydrogen) atoms. The average molecular weight is 310 g/mol. The van der Waals surface area contributed by atoms with E-state index >= 15 is 0 Å². The van der Waals surface area contributed by atoms with Gasteiger partial charge < -0.3 is 0 Å². The summed E-state index contributed by atoms with van der Waals surface area (Å²) in [5.41, 5.74) is 1.76. The highest BCUT2D eigenvalue weighted by molar-refractivity contribution is 7.98. The van der Waals surface area contributed by atoms with Gasteiger partial charge in [0.25, 0.3) is 0 Å². The van der Waals surface area contributed by atoms with Crippen molar-refractivity contribution in [1.29, 1.82) is 0 Å². The molecule has 3 rings (SSSR count). The number of fused-ring (bicyclic) bond motifs is 1. The highest BCUT2D eigenvalue weighted by Gasteiger charge is 2.18. The van der Waals surface area contributed by atoms with Crippen LogP contribution in [0.3, 0.4) is 0 Å². The summed E-state index contributed by atoms with van der Waals surface area (Å²) in [4.78, 5) is 14.2. The van der Waals surface area contributed by atoms with Crippen molar-refractivity contribution in [3.63, 3.8) is 0 Å². The van der Waals surface area contributed by atoms with Gasteiger partial charge in [0.05, 0.1) is 4.88 Å². The van der Waals surface area contributed by atoms with Crippen molar-refractivity contribution in [3.8, 4) is 0 Å². The fraction of sp³-hybridized carbons (Fsp3) is 0.267. The second-order valence-electron chi connectivity index (χ2n) is 4.71. The first-order valence-corrected chi connectivity index (χ1v) is 8.27. The molecule has 0 amide bonds. The Labute approximate surface area is 124 Å². The predicted octanol–water partition coefficient (Wildman–Crippen LogP) is 4.24. The molecule has 0 aliphatic carbocycles. The molecule has 0 saturated heterocycles. The van der Waals surface area contributed by atoms with Gasteiger partial charge in [0.1, 0.15) is 0 Å². The summed E-state index contributed by atoms with van der Waals surface area (Å²) in [7, 11) is 0. The molecule has 0 fully saturated rings. The third kappa shape index (κ3) is 2.79. The van der Waals surface area contributed by atoms with Crippen LogP contribution in [0, 0.1) is 11.6 Å². The molecule has 2 heterocycles. The van der Waals surface area contributed by atoms with Crippen LogP contribution >= 0.6 is 23.1 Å². The SMILES string of the molecule is O=C(Cc1ccc(F)c(F)c1)c1cc2c(s1)CCSC2. The van der Waals surface area contributed by atoms with E-state index < -0.39 is 11.6 Å². The summed E-state index contributed by atoms with van der Waals surface area (Å²) in [6.45, 7) is 0. The Morgan fingerprint density at radius 3 is 2.80 bits per heavy atom. The van der Waals surface area contributed by atoms with Gasteiger partial charge in [0.15, 0.2) is 17.4 Å². The molecule has 1 aromatic heterocycles. The van der Waals surface area contributed by atoms with Crippen molar-refractivity contribution >= 4 is 28.9 Å². The van der Waals surface area contributed by atoms with E-state index in [1.54, 1.807) is 0 Å². The minimum atomic E-state index is -0.905. The Morgan fingerprint density at radius 1 is 1.20 bits per heavy atom. The molecule has 0 bridgehead atoms. The van der Waals surface area contributed by atoms with Crippen LogP contribution in [0.2, 0.25) is 0 Å². The van der Waals surface area contributed by atoms with Gasteiger partial charge >= 0.3 is 0 Å². The van der Waals surface area contributed by atoms with Crippen LogP contribution in [0.5, 0.6) is 0 Å². The van der Waals surface area contributed by atoms with Gasteiger partial charge in [-0.25, -0.2) is 8.78 Å². The molecule has 1 aliphatic heterocycles. The van der Waals surface area contributed by atoms with Crippen LogP contribution in [0.1, 0.15) is 25.7 Å². The van der Waals surface area contributed by atoms with Gasteiger partial charge in [-0.05, 0) is 41.5 Å². The largest absolute Gasteiger partial charge is 0.293 e. The zero-order valence-corrected chi connectivity index (χ0v) is 12.3. The number of benzene rings is 1. The number of thioether (sulfide) groups is 1. The molecule has 104 valence electrons. The molecular weight excluding hydrogens is 298 g/mol. The smallest absolute Gasteiger partial charge is 0.177 e. The van der Waals surface area contributed by atoms with Crippen LogP contribution in [-0.4, -0.2) is 11.5 Å². The number of carbonyl (C=O) groups excluding carboxylic acids is 1. The van der Waals surface area contributed by atoms with Crippen LogP contribution < -0.4 is 0 Å². The number of halogens is 2. The summed E-state index contributed by atoms with van der Waals surface area (Å²) in [6, 6.07) is 5.57. The van der Waals surface area contributed by atoms with Gasteiger partial charge in [0.2, 0.25) is 0 Å². The average Bonchev–Trinajstić information content (AvgIpc) is 2.87. The molecule has 1 nitrogen and oxygen atoms in total. The molecule has 1 aromatic carbocycles. The van der Waals surface area contributed by atoms with Crippen molar-refractivity contribution in [1.82, 2.24) is 0 Å². The quantitative estimate of drug-likeness (QED) is 0.789. The monoisotopic (exact) mass is 310 g/mol. The van der Waals surface area contributed by atoms with Gasteiger partial charge in [0, 0.05) is 17.1 Å². The van der Waals surface area contributed by atoms with Crippen molar-refractivity contribution in [2.75, 3.05) is 5.75 Å². The number of hydrogen-bond donors (Lipinski definition) is 0. The second kappa shape index (κ2) is 5.66. The standard InChI is InChI=1S/C15H12F2OS2/c16-11-2-1-9(5-12(11)17)6-13(18)15-7-10-8-19-4-3-14(10)20-15/h1-2,5,7H,3-4,6,8H2. The zero-order chi connectivity index (χ0) is 14.1. The fourth-order valence-electron chi connectivity index (χ4n) is 2.21. The lowest BCUT2D eigenvalue weighted by Gasteiger charge is -2.08. The highest BCUT2D eigenvalue weighted by atomic mass is 32.2. The molecule has 0 atom stereocenters. The lowest BCUT2D eigenvalue weighted by molar-refractivity contribution is 0.0996. The Bertz CT molecular complexity index is 640. The van der Waals surface area contributed by atoms with E-state index in [4.69, 9.17) is 0 Å². The van der Waals surface area contributed by atoms with Crippen LogP contribution in [-0.2, 0) is 18.6 Å². The minimum Gasteiger partial charge on any atom is -0.293 e. The lowest BCUT2D eigenvalue weighted by Crippen LogP contribution is -2.02. The number of carbonyl (C=O) groups is 1. The van der Waals surface area contributed by atoms with E-state index in [9.17, 15) is 13.6 Å². The number of Topliss-reactive ketones (excluding diaryl/α,β-unsaturated/α-hetero) is 1. The van der Waals surface area contributed by atoms with Gasteiger partial charge in [-0.3, -0.25) is 4.79 Å². The first-order chi connectivity index (χ1) is 9.63. The maximum atomic E-state index is 13.1. The van der Waals surface area contributed by atoms with Crippen LogP contribution in [0.15, 0.2) is 24.3 Å². The maximum absolute atomic E-state index is 13.1. The molecule has 1 aliphatic rings. The van der Waals surface area contributed by atoms with Crippen LogP contribution in [0.4, 0.5) is 8.78 Å². The van der Waals surface area contributed by atoms with E-state index in [0.29, 0.717) is 5.56 Å². The Hall–Kier alpha value is -1.20. The summed E-state index contributed by atoms with van der Waals surface area (Å²) < 4.78 is 26.0. The summed E-state index contributed by atoms with van der Waals surface area (Å²) >= 11 is 3.41. The normalized spacial score (nSPS) is 14.1. The molecule has 0 radical (unpaired) electrons. The molecule has 0 N–H and O–H groups in total.